The minimum Gasteiger partial charge on any atom is -0.388 e. The monoisotopic (exact) mass is 263 g/mol. The molecule has 2 nitrogen and oxygen atoms in total. The molecule has 0 fully saturated rings. The maximum Gasteiger partial charge on any atom is 0.0802 e. The van der Waals surface area contributed by atoms with Gasteiger partial charge in [0, 0.05) is 12.6 Å². The molecule has 1 aromatic carbocycles. The smallest absolute Gasteiger partial charge is 0.0802 e. The molecule has 1 atom stereocenters. The van der Waals surface area contributed by atoms with Crippen molar-refractivity contribution < 1.29 is 5.11 Å². The van der Waals surface area contributed by atoms with Crippen molar-refractivity contribution in [1.82, 2.24) is 4.90 Å². The molecule has 1 rings (SSSR count). The van der Waals surface area contributed by atoms with Gasteiger partial charge in [-0.05, 0) is 38.8 Å². The van der Waals surface area contributed by atoms with Crippen LogP contribution in [-0.4, -0.2) is 29.1 Å². The molecule has 0 aliphatic heterocycles. The van der Waals surface area contributed by atoms with Crippen LogP contribution in [-0.2, 0) is 0 Å². The fourth-order valence-corrected chi connectivity index (χ4v) is 2.32. The molecule has 108 valence electrons. The highest BCUT2D eigenvalue weighted by Crippen LogP contribution is 2.17. The van der Waals surface area contributed by atoms with Crippen molar-refractivity contribution in [3.05, 3.63) is 35.9 Å². The van der Waals surface area contributed by atoms with E-state index in [0.717, 1.165) is 25.1 Å². The predicted molar refractivity (Wildman–Crippen MR) is 82.3 cm³/mol. The number of hydrogen-bond acceptors (Lipinski definition) is 2. The third-order valence-corrected chi connectivity index (χ3v) is 3.65. The summed E-state index contributed by atoms with van der Waals surface area (Å²) >= 11 is 0. The van der Waals surface area contributed by atoms with Gasteiger partial charge in [-0.1, -0.05) is 50.1 Å². The minimum atomic E-state index is -0.339. The molecule has 19 heavy (non-hydrogen) atoms. The van der Waals surface area contributed by atoms with Gasteiger partial charge in [0.25, 0.3) is 0 Å². The molecule has 2 heteroatoms. The number of unbranched alkanes of at least 4 members (excludes halogenated alkanes) is 2. The Kier molecular flexibility index (Phi) is 7.76. The van der Waals surface area contributed by atoms with Crippen LogP contribution in [0.1, 0.15) is 58.1 Å². The maximum atomic E-state index is 10.2. The second-order valence-corrected chi connectivity index (χ2v) is 5.55. The summed E-state index contributed by atoms with van der Waals surface area (Å²) in [5, 5.41) is 10.2. The van der Waals surface area contributed by atoms with Crippen molar-refractivity contribution >= 4 is 0 Å². The SMILES string of the molecule is CCCCCN(CCC(O)c1ccccc1)C(C)C. The average Bonchev–Trinajstić information content (AvgIpc) is 2.43. The minimum absolute atomic E-state index is 0.339. The Hall–Kier alpha value is -0.860. The molecule has 0 saturated heterocycles. The van der Waals surface area contributed by atoms with Gasteiger partial charge >= 0.3 is 0 Å². The quantitative estimate of drug-likeness (QED) is 0.680. The second kappa shape index (κ2) is 9.11. The van der Waals surface area contributed by atoms with Crippen molar-refractivity contribution in [2.45, 2.75) is 58.6 Å². The first-order chi connectivity index (χ1) is 9.15. The fourth-order valence-electron chi connectivity index (χ4n) is 2.32. The number of aliphatic hydroxyl groups is 1. The summed E-state index contributed by atoms with van der Waals surface area (Å²) in [6.45, 7) is 8.82. The van der Waals surface area contributed by atoms with Gasteiger partial charge in [-0.2, -0.15) is 0 Å². The number of aliphatic hydroxyl groups excluding tert-OH is 1. The molecule has 0 aromatic heterocycles. The normalized spacial score (nSPS) is 13.2. The Morgan fingerprint density at radius 3 is 2.32 bits per heavy atom. The Bertz CT molecular complexity index is 323. The van der Waals surface area contributed by atoms with Crippen LogP contribution in [0.2, 0.25) is 0 Å². The highest BCUT2D eigenvalue weighted by Gasteiger charge is 2.12. The lowest BCUT2D eigenvalue weighted by molar-refractivity contribution is 0.129. The molecule has 0 amide bonds. The highest BCUT2D eigenvalue weighted by molar-refractivity contribution is 5.17. The molecule has 0 spiro atoms. The summed E-state index contributed by atoms with van der Waals surface area (Å²) in [5.74, 6) is 0. The van der Waals surface area contributed by atoms with Crippen LogP contribution in [0.5, 0.6) is 0 Å². The van der Waals surface area contributed by atoms with E-state index in [9.17, 15) is 5.11 Å². The summed E-state index contributed by atoms with van der Waals surface area (Å²) in [5.41, 5.74) is 1.03. The fraction of sp³-hybridized carbons (Fsp3) is 0.647. The molecule has 0 bridgehead atoms. The average molecular weight is 263 g/mol. The van der Waals surface area contributed by atoms with Crippen molar-refractivity contribution in [1.29, 1.82) is 0 Å². The third-order valence-electron chi connectivity index (χ3n) is 3.65. The number of nitrogens with zero attached hydrogens (tertiary/aromatic N) is 1. The molecular weight excluding hydrogens is 234 g/mol. The lowest BCUT2D eigenvalue weighted by atomic mass is 10.1. The zero-order chi connectivity index (χ0) is 14.1. The van der Waals surface area contributed by atoms with Gasteiger partial charge in [0.05, 0.1) is 6.10 Å². The van der Waals surface area contributed by atoms with E-state index in [1.54, 1.807) is 0 Å². The van der Waals surface area contributed by atoms with Gasteiger partial charge in [0.15, 0.2) is 0 Å². The molecule has 1 N–H and O–H groups in total. The number of hydrogen-bond donors (Lipinski definition) is 1. The molecule has 0 heterocycles. The van der Waals surface area contributed by atoms with Crippen LogP contribution in [0.3, 0.4) is 0 Å². The van der Waals surface area contributed by atoms with E-state index in [0.29, 0.717) is 6.04 Å². The van der Waals surface area contributed by atoms with E-state index in [-0.39, 0.29) is 6.10 Å². The van der Waals surface area contributed by atoms with Crippen molar-refractivity contribution in [2.24, 2.45) is 0 Å². The van der Waals surface area contributed by atoms with Crippen molar-refractivity contribution in [2.75, 3.05) is 13.1 Å². The van der Waals surface area contributed by atoms with E-state index in [1.165, 1.54) is 19.3 Å². The lowest BCUT2D eigenvalue weighted by Crippen LogP contribution is -2.33. The van der Waals surface area contributed by atoms with Crippen LogP contribution < -0.4 is 0 Å². The molecule has 0 aliphatic rings. The Morgan fingerprint density at radius 2 is 1.74 bits per heavy atom. The van der Waals surface area contributed by atoms with E-state index in [1.807, 2.05) is 30.3 Å². The van der Waals surface area contributed by atoms with E-state index in [4.69, 9.17) is 0 Å². The Labute approximate surface area is 118 Å². The summed E-state index contributed by atoms with van der Waals surface area (Å²) in [4.78, 5) is 2.47. The highest BCUT2D eigenvalue weighted by atomic mass is 16.3. The zero-order valence-electron chi connectivity index (χ0n) is 12.7. The summed E-state index contributed by atoms with van der Waals surface area (Å²) in [6, 6.07) is 10.5. The van der Waals surface area contributed by atoms with Gasteiger partial charge in [-0.25, -0.2) is 0 Å². The molecule has 0 radical (unpaired) electrons. The van der Waals surface area contributed by atoms with Gasteiger partial charge in [0.1, 0.15) is 0 Å². The molecular formula is C17H29NO. The number of rotatable bonds is 9. The second-order valence-electron chi connectivity index (χ2n) is 5.55. The topological polar surface area (TPSA) is 23.5 Å². The first-order valence-electron chi connectivity index (χ1n) is 7.62. The molecule has 0 saturated carbocycles. The summed E-state index contributed by atoms with van der Waals surface area (Å²) < 4.78 is 0. The third kappa shape index (κ3) is 6.22. The first kappa shape index (κ1) is 16.2. The standard InChI is InChI=1S/C17H29NO/c1-4-5-9-13-18(15(2)3)14-12-17(19)16-10-7-6-8-11-16/h6-8,10-11,15,17,19H,4-5,9,12-14H2,1-3H3. The van der Waals surface area contributed by atoms with Gasteiger partial charge < -0.3 is 10.0 Å². The van der Waals surface area contributed by atoms with Crippen LogP contribution in [0.15, 0.2) is 30.3 Å². The molecule has 1 unspecified atom stereocenters. The van der Waals surface area contributed by atoms with Crippen molar-refractivity contribution in [3.63, 3.8) is 0 Å². The first-order valence-corrected chi connectivity index (χ1v) is 7.62. The maximum absolute atomic E-state index is 10.2. The van der Waals surface area contributed by atoms with Gasteiger partial charge in [-0.3, -0.25) is 0 Å². The van der Waals surface area contributed by atoms with Gasteiger partial charge in [-0.15, -0.1) is 0 Å². The summed E-state index contributed by atoms with van der Waals surface area (Å²) in [7, 11) is 0. The van der Waals surface area contributed by atoms with Crippen LogP contribution in [0.25, 0.3) is 0 Å². The zero-order valence-corrected chi connectivity index (χ0v) is 12.7. The van der Waals surface area contributed by atoms with Crippen LogP contribution in [0.4, 0.5) is 0 Å². The van der Waals surface area contributed by atoms with E-state index < -0.39 is 0 Å². The van der Waals surface area contributed by atoms with Crippen LogP contribution >= 0.6 is 0 Å². The Morgan fingerprint density at radius 1 is 1.05 bits per heavy atom. The van der Waals surface area contributed by atoms with Crippen molar-refractivity contribution in [3.8, 4) is 0 Å². The summed E-state index contributed by atoms with van der Waals surface area (Å²) in [6.07, 6.45) is 4.29. The predicted octanol–water partition coefficient (Wildman–Crippen LogP) is 4.01. The Balaban J connectivity index is 2.38. The van der Waals surface area contributed by atoms with E-state index in [2.05, 4.69) is 25.7 Å². The lowest BCUT2D eigenvalue weighted by Gasteiger charge is -2.27. The van der Waals surface area contributed by atoms with Gasteiger partial charge in [0.2, 0.25) is 0 Å². The largest absolute Gasteiger partial charge is 0.388 e. The van der Waals surface area contributed by atoms with Crippen LogP contribution in [0, 0.1) is 0 Å². The molecule has 0 aliphatic carbocycles. The van der Waals surface area contributed by atoms with E-state index >= 15 is 0 Å². The number of benzene rings is 1. The molecule has 1 aromatic rings.